The number of pyridine rings is 2. The molecule has 2 aromatic rings. The summed E-state index contributed by atoms with van der Waals surface area (Å²) in [6.45, 7) is 2.99. The Morgan fingerprint density at radius 3 is 2.84 bits per heavy atom. The van der Waals surface area contributed by atoms with Crippen LogP contribution in [-0.4, -0.2) is 23.6 Å². The number of hydrogen-bond acceptors (Lipinski definition) is 4. The third-order valence-electron chi connectivity index (χ3n) is 3.00. The van der Waals surface area contributed by atoms with Gasteiger partial charge in [0.25, 0.3) is 0 Å². The molecular formula is C15H19N3O. The van der Waals surface area contributed by atoms with E-state index < -0.39 is 0 Å². The van der Waals surface area contributed by atoms with Gasteiger partial charge in [0.15, 0.2) is 0 Å². The molecule has 0 bridgehead atoms. The average molecular weight is 257 g/mol. The predicted molar refractivity (Wildman–Crippen MR) is 75.1 cm³/mol. The molecule has 0 amide bonds. The number of nitrogens with zero attached hydrogens (tertiary/aromatic N) is 2. The first-order chi connectivity index (χ1) is 9.35. The second-order valence-electron chi connectivity index (χ2n) is 4.25. The van der Waals surface area contributed by atoms with Crippen molar-refractivity contribution in [3.63, 3.8) is 0 Å². The zero-order valence-corrected chi connectivity index (χ0v) is 11.3. The molecule has 0 fully saturated rings. The van der Waals surface area contributed by atoms with Gasteiger partial charge in [0.05, 0.1) is 13.3 Å². The molecule has 2 aromatic heterocycles. The van der Waals surface area contributed by atoms with E-state index in [2.05, 4.69) is 22.2 Å². The van der Waals surface area contributed by atoms with Crippen LogP contribution in [0.15, 0.2) is 42.9 Å². The lowest BCUT2D eigenvalue weighted by molar-refractivity contribution is 0.397. The number of nitrogens with one attached hydrogen (secondary N) is 1. The highest BCUT2D eigenvalue weighted by atomic mass is 16.5. The lowest BCUT2D eigenvalue weighted by Crippen LogP contribution is -2.23. The first-order valence-electron chi connectivity index (χ1n) is 6.46. The molecule has 0 radical (unpaired) electrons. The van der Waals surface area contributed by atoms with Crippen molar-refractivity contribution in [2.24, 2.45) is 0 Å². The molecule has 2 rings (SSSR count). The zero-order chi connectivity index (χ0) is 13.5. The molecule has 0 aromatic carbocycles. The van der Waals surface area contributed by atoms with Crippen molar-refractivity contribution in [3.8, 4) is 5.75 Å². The summed E-state index contributed by atoms with van der Waals surface area (Å²) >= 11 is 0. The first kappa shape index (κ1) is 13.5. The van der Waals surface area contributed by atoms with Crippen LogP contribution in [0.1, 0.15) is 24.2 Å². The van der Waals surface area contributed by atoms with Crippen molar-refractivity contribution in [1.29, 1.82) is 0 Å². The Morgan fingerprint density at radius 1 is 1.26 bits per heavy atom. The number of hydrogen-bond donors (Lipinski definition) is 1. The molecular weight excluding hydrogens is 238 g/mol. The second-order valence-corrected chi connectivity index (χ2v) is 4.25. The standard InChI is InChI=1S/C15H19N3O/c1-3-17-14(10-12-6-4-5-8-18-12)13-7-9-16-11-15(13)19-2/h4-9,11,14,17H,3,10H2,1-2H3. The molecule has 1 N–H and O–H groups in total. The van der Waals surface area contributed by atoms with Crippen molar-refractivity contribution in [1.82, 2.24) is 15.3 Å². The predicted octanol–water partition coefficient (Wildman–Crippen LogP) is 2.38. The molecule has 0 aliphatic rings. The maximum absolute atomic E-state index is 5.39. The highest BCUT2D eigenvalue weighted by Gasteiger charge is 2.16. The molecule has 1 unspecified atom stereocenters. The van der Waals surface area contributed by atoms with E-state index >= 15 is 0 Å². The topological polar surface area (TPSA) is 47.0 Å². The Labute approximate surface area is 113 Å². The fourth-order valence-electron chi connectivity index (χ4n) is 2.12. The van der Waals surface area contributed by atoms with Crippen LogP contribution in [0.2, 0.25) is 0 Å². The molecule has 0 aliphatic carbocycles. The van der Waals surface area contributed by atoms with Crippen molar-refractivity contribution >= 4 is 0 Å². The van der Waals surface area contributed by atoms with Gasteiger partial charge in [-0.1, -0.05) is 13.0 Å². The number of ether oxygens (including phenoxy) is 1. The van der Waals surface area contributed by atoms with Gasteiger partial charge in [-0.05, 0) is 24.7 Å². The highest BCUT2D eigenvalue weighted by molar-refractivity contribution is 5.33. The summed E-state index contributed by atoms with van der Waals surface area (Å²) in [4.78, 5) is 8.48. The van der Waals surface area contributed by atoms with E-state index in [1.807, 2.05) is 30.5 Å². The monoisotopic (exact) mass is 257 g/mol. The fraction of sp³-hybridized carbons (Fsp3) is 0.333. The molecule has 100 valence electrons. The number of likely N-dealkylation sites (N-methyl/N-ethyl adjacent to an activating group) is 1. The number of rotatable bonds is 6. The Balaban J connectivity index is 2.24. The quantitative estimate of drug-likeness (QED) is 0.863. The summed E-state index contributed by atoms with van der Waals surface area (Å²) in [5.74, 6) is 0.810. The normalized spacial score (nSPS) is 12.1. The van der Waals surface area contributed by atoms with Gasteiger partial charge in [0.1, 0.15) is 5.75 Å². The molecule has 0 saturated heterocycles. The van der Waals surface area contributed by atoms with Gasteiger partial charge in [0.2, 0.25) is 0 Å². The van der Waals surface area contributed by atoms with Gasteiger partial charge in [-0.15, -0.1) is 0 Å². The van der Waals surface area contributed by atoms with Crippen LogP contribution >= 0.6 is 0 Å². The molecule has 0 saturated carbocycles. The van der Waals surface area contributed by atoms with E-state index in [0.29, 0.717) is 0 Å². The third-order valence-corrected chi connectivity index (χ3v) is 3.00. The Hall–Kier alpha value is -1.94. The maximum Gasteiger partial charge on any atom is 0.141 e. The zero-order valence-electron chi connectivity index (χ0n) is 11.3. The minimum absolute atomic E-state index is 0.179. The molecule has 2 heterocycles. The summed E-state index contributed by atoms with van der Waals surface area (Å²) in [5.41, 5.74) is 2.18. The summed E-state index contributed by atoms with van der Waals surface area (Å²) in [6.07, 6.45) is 6.19. The van der Waals surface area contributed by atoms with Crippen LogP contribution in [0.3, 0.4) is 0 Å². The lowest BCUT2D eigenvalue weighted by Gasteiger charge is -2.20. The van der Waals surface area contributed by atoms with E-state index in [1.165, 1.54) is 0 Å². The number of methoxy groups -OCH3 is 1. The minimum atomic E-state index is 0.179. The summed E-state index contributed by atoms with van der Waals surface area (Å²) in [7, 11) is 1.67. The molecule has 4 heteroatoms. The van der Waals surface area contributed by atoms with E-state index in [9.17, 15) is 0 Å². The van der Waals surface area contributed by atoms with E-state index in [1.54, 1.807) is 19.5 Å². The van der Waals surface area contributed by atoms with Gasteiger partial charge < -0.3 is 10.1 Å². The largest absolute Gasteiger partial charge is 0.495 e. The fourth-order valence-corrected chi connectivity index (χ4v) is 2.12. The van der Waals surface area contributed by atoms with Gasteiger partial charge in [-0.2, -0.15) is 0 Å². The highest BCUT2D eigenvalue weighted by Crippen LogP contribution is 2.26. The SMILES string of the molecule is CCNC(Cc1ccccn1)c1ccncc1OC. The number of aromatic nitrogens is 2. The summed E-state index contributed by atoms with van der Waals surface area (Å²) < 4.78 is 5.39. The van der Waals surface area contributed by atoms with Gasteiger partial charge >= 0.3 is 0 Å². The average Bonchev–Trinajstić information content (AvgIpc) is 2.48. The van der Waals surface area contributed by atoms with Crippen LogP contribution in [0.4, 0.5) is 0 Å². The Bertz CT molecular complexity index is 502. The van der Waals surface area contributed by atoms with Crippen molar-refractivity contribution < 1.29 is 4.74 Å². The Morgan fingerprint density at radius 2 is 2.16 bits per heavy atom. The first-order valence-corrected chi connectivity index (χ1v) is 6.46. The van der Waals surface area contributed by atoms with Crippen LogP contribution in [0.5, 0.6) is 5.75 Å². The molecule has 4 nitrogen and oxygen atoms in total. The molecule has 0 spiro atoms. The van der Waals surface area contributed by atoms with Gasteiger partial charge in [-0.25, -0.2) is 0 Å². The van der Waals surface area contributed by atoms with Gasteiger partial charge in [0, 0.05) is 36.1 Å². The van der Waals surface area contributed by atoms with Crippen LogP contribution in [0.25, 0.3) is 0 Å². The Kier molecular flexibility index (Phi) is 4.86. The molecule has 1 atom stereocenters. The molecule has 19 heavy (non-hydrogen) atoms. The van der Waals surface area contributed by atoms with Crippen LogP contribution in [-0.2, 0) is 6.42 Å². The smallest absolute Gasteiger partial charge is 0.141 e. The van der Waals surface area contributed by atoms with Gasteiger partial charge in [-0.3, -0.25) is 9.97 Å². The van der Waals surface area contributed by atoms with E-state index in [4.69, 9.17) is 4.74 Å². The van der Waals surface area contributed by atoms with E-state index in [-0.39, 0.29) is 6.04 Å². The summed E-state index contributed by atoms with van der Waals surface area (Å²) in [6, 6.07) is 8.15. The van der Waals surface area contributed by atoms with Crippen LogP contribution < -0.4 is 10.1 Å². The molecule has 0 aliphatic heterocycles. The second kappa shape index (κ2) is 6.85. The lowest BCUT2D eigenvalue weighted by atomic mass is 10.0. The maximum atomic E-state index is 5.39. The third kappa shape index (κ3) is 3.51. The minimum Gasteiger partial charge on any atom is -0.495 e. The van der Waals surface area contributed by atoms with Crippen LogP contribution in [0, 0.1) is 0 Å². The van der Waals surface area contributed by atoms with Crippen molar-refractivity contribution in [2.45, 2.75) is 19.4 Å². The van der Waals surface area contributed by atoms with E-state index in [0.717, 1.165) is 30.0 Å². The van der Waals surface area contributed by atoms with Crippen molar-refractivity contribution in [2.75, 3.05) is 13.7 Å². The summed E-state index contributed by atoms with van der Waals surface area (Å²) in [5, 5.41) is 3.47. The van der Waals surface area contributed by atoms with Crippen molar-refractivity contribution in [3.05, 3.63) is 54.1 Å².